The van der Waals surface area contributed by atoms with Gasteiger partial charge in [-0.2, -0.15) is 0 Å². The molecule has 4 rings (SSSR count). The minimum absolute atomic E-state index is 0.0599. The molecule has 1 amide bonds. The van der Waals surface area contributed by atoms with Gasteiger partial charge in [0, 0.05) is 17.1 Å². The lowest BCUT2D eigenvalue weighted by Crippen LogP contribution is -2.15. The third kappa shape index (κ3) is 5.36. The predicted molar refractivity (Wildman–Crippen MR) is 126 cm³/mol. The Kier molecular flexibility index (Phi) is 6.87. The van der Waals surface area contributed by atoms with Gasteiger partial charge in [-0.3, -0.25) is 9.36 Å². The largest absolute Gasteiger partial charge is 0.323 e. The van der Waals surface area contributed by atoms with E-state index in [1.54, 1.807) is 31.2 Å². The van der Waals surface area contributed by atoms with Crippen molar-refractivity contribution in [2.75, 3.05) is 11.1 Å². The molecular weight excluding hydrogens is 447 g/mol. The second kappa shape index (κ2) is 9.97. The summed E-state index contributed by atoms with van der Waals surface area (Å²) in [5, 5.41) is 12.5. The average Bonchev–Trinajstić information content (AvgIpc) is 3.18. The van der Waals surface area contributed by atoms with Gasteiger partial charge in [0.1, 0.15) is 11.6 Å². The van der Waals surface area contributed by atoms with Crippen LogP contribution in [-0.2, 0) is 11.2 Å². The molecule has 3 aromatic carbocycles. The number of hydrogen-bond acceptors (Lipinski definition) is 4. The zero-order chi connectivity index (χ0) is 22.5. The van der Waals surface area contributed by atoms with Crippen molar-refractivity contribution in [2.24, 2.45) is 0 Å². The van der Waals surface area contributed by atoms with Gasteiger partial charge < -0.3 is 5.32 Å². The van der Waals surface area contributed by atoms with Crippen molar-refractivity contribution in [3.63, 3.8) is 0 Å². The van der Waals surface area contributed by atoms with Crippen LogP contribution in [0.4, 0.5) is 10.1 Å². The Morgan fingerprint density at radius 3 is 2.53 bits per heavy atom. The van der Waals surface area contributed by atoms with E-state index in [4.69, 9.17) is 11.6 Å². The minimum Gasteiger partial charge on any atom is -0.323 e. The first kappa shape index (κ1) is 22.0. The first-order valence-corrected chi connectivity index (χ1v) is 11.3. The van der Waals surface area contributed by atoms with Gasteiger partial charge in [0.25, 0.3) is 0 Å². The van der Waals surface area contributed by atoms with E-state index in [1.165, 1.54) is 17.8 Å². The van der Waals surface area contributed by atoms with Crippen molar-refractivity contribution >= 4 is 35.0 Å². The molecule has 0 aliphatic rings. The van der Waals surface area contributed by atoms with Crippen molar-refractivity contribution in [3.8, 4) is 5.69 Å². The molecule has 32 heavy (non-hydrogen) atoms. The van der Waals surface area contributed by atoms with Crippen molar-refractivity contribution in [1.82, 2.24) is 14.8 Å². The summed E-state index contributed by atoms with van der Waals surface area (Å²) in [4.78, 5) is 12.4. The molecule has 0 aliphatic carbocycles. The number of nitrogens with one attached hydrogen (secondary N) is 1. The summed E-state index contributed by atoms with van der Waals surface area (Å²) in [6.07, 6.45) is 0.581. The molecule has 162 valence electrons. The molecule has 0 spiro atoms. The Morgan fingerprint density at radius 1 is 1.06 bits per heavy atom. The van der Waals surface area contributed by atoms with E-state index in [0.29, 0.717) is 16.6 Å². The summed E-state index contributed by atoms with van der Waals surface area (Å²) in [5.41, 5.74) is 2.89. The molecule has 0 saturated heterocycles. The smallest absolute Gasteiger partial charge is 0.234 e. The summed E-state index contributed by atoms with van der Waals surface area (Å²) in [6.45, 7) is 1.79. The first-order chi connectivity index (χ1) is 15.5. The number of thioether (sulfide) groups is 1. The van der Waals surface area contributed by atoms with E-state index < -0.39 is 5.82 Å². The van der Waals surface area contributed by atoms with Crippen LogP contribution in [0.25, 0.3) is 5.69 Å². The van der Waals surface area contributed by atoms with Crippen LogP contribution in [0.2, 0.25) is 5.02 Å². The fourth-order valence-corrected chi connectivity index (χ4v) is 4.07. The summed E-state index contributed by atoms with van der Waals surface area (Å²) in [6, 6.07) is 22.0. The van der Waals surface area contributed by atoms with Crippen LogP contribution in [0.15, 0.2) is 78.0 Å². The predicted octanol–water partition coefficient (Wildman–Crippen LogP) is 5.69. The van der Waals surface area contributed by atoms with E-state index in [2.05, 4.69) is 15.5 Å². The van der Waals surface area contributed by atoms with Crippen LogP contribution in [0.1, 0.15) is 17.0 Å². The Morgan fingerprint density at radius 2 is 1.81 bits per heavy atom. The number of rotatable bonds is 7. The van der Waals surface area contributed by atoms with Gasteiger partial charge in [-0.1, -0.05) is 59.8 Å². The zero-order valence-corrected chi connectivity index (χ0v) is 18.8. The van der Waals surface area contributed by atoms with Gasteiger partial charge in [0.05, 0.1) is 11.4 Å². The third-order valence-corrected chi connectivity index (χ3v) is 5.90. The monoisotopic (exact) mass is 466 g/mol. The number of aryl methyl sites for hydroxylation is 1. The van der Waals surface area contributed by atoms with Crippen LogP contribution in [0.5, 0.6) is 0 Å². The lowest BCUT2D eigenvalue weighted by molar-refractivity contribution is -0.113. The molecule has 4 aromatic rings. The molecule has 5 nitrogen and oxygen atoms in total. The summed E-state index contributed by atoms with van der Waals surface area (Å²) >= 11 is 7.29. The van der Waals surface area contributed by atoms with Crippen LogP contribution in [0.3, 0.4) is 0 Å². The Balaban J connectivity index is 1.55. The SMILES string of the molecule is Cc1ccc(NC(=O)CSc2nnc(Cc3ccccc3)n2-c2ccc(Cl)cc2)c(F)c1. The van der Waals surface area contributed by atoms with Gasteiger partial charge in [-0.05, 0) is 54.4 Å². The maximum atomic E-state index is 14.0. The highest BCUT2D eigenvalue weighted by Gasteiger charge is 2.17. The van der Waals surface area contributed by atoms with Crippen LogP contribution >= 0.6 is 23.4 Å². The van der Waals surface area contributed by atoms with Gasteiger partial charge in [-0.25, -0.2) is 4.39 Å². The number of amides is 1. The normalized spacial score (nSPS) is 10.8. The van der Waals surface area contributed by atoms with Gasteiger partial charge >= 0.3 is 0 Å². The number of carbonyl (C=O) groups excluding carboxylic acids is 1. The fraction of sp³-hybridized carbons (Fsp3) is 0.125. The Labute approximate surface area is 194 Å². The van der Waals surface area contributed by atoms with Gasteiger partial charge in [0.15, 0.2) is 5.16 Å². The molecule has 0 atom stereocenters. The molecule has 1 aromatic heterocycles. The third-order valence-electron chi connectivity index (χ3n) is 4.72. The molecule has 0 saturated carbocycles. The second-order valence-electron chi connectivity index (χ2n) is 7.19. The van der Waals surface area contributed by atoms with Gasteiger partial charge in [-0.15, -0.1) is 10.2 Å². The zero-order valence-electron chi connectivity index (χ0n) is 17.3. The fourth-order valence-electron chi connectivity index (χ4n) is 3.17. The molecule has 0 radical (unpaired) electrons. The van der Waals surface area contributed by atoms with Gasteiger partial charge in [0.2, 0.25) is 5.91 Å². The van der Waals surface area contributed by atoms with Crippen LogP contribution in [0, 0.1) is 12.7 Å². The number of aromatic nitrogens is 3. The molecule has 8 heteroatoms. The van der Waals surface area contributed by atoms with Crippen molar-refractivity contribution < 1.29 is 9.18 Å². The number of carbonyl (C=O) groups is 1. The van der Waals surface area contributed by atoms with Crippen molar-refractivity contribution in [1.29, 1.82) is 0 Å². The average molecular weight is 467 g/mol. The second-order valence-corrected chi connectivity index (χ2v) is 8.57. The highest BCUT2D eigenvalue weighted by atomic mass is 35.5. The van der Waals surface area contributed by atoms with Crippen LogP contribution < -0.4 is 5.32 Å². The maximum absolute atomic E-state index is 14.0. The molecule has 1 N–H and O–H groups in total. The van der Waals surface area contributed by atoms with E-state index in [-0.39, 0.29) is 17.3 Å². The molecule has 0 bridgehead atoms. The number of nitrogens with zero attached hydrogens (tertiary/aromatic N) is 3. The van der Waals surface area contributed by atoms with Crippen molar-refractivity contribution in [2.45, 2.75) is 18.5 Å². The quantitative estimate of drug-likeness (QED) is 0.355. The molecule has 0 aliphatic heterocycles. The molecule has 1 heterocycles. The lowest BCUT2D eigenvalue weighted by Gasteiger charge is -2.11. The summed E-state index contributed by atoms with van der Waals surface area (Å²) in [7, 11) is 0. The molecule has 0 unspecified atom stereocenters. The number of benzene rings is 3. The first-order valence-electron chi connectivity index (χ1n) is 9.92. The van der Waals surface area contributed by atoms with Crippen LogP contribution in [-0.4, -0.2) is 26.4 Å². The highest BCUT2D eigenvalue weighted by molar-refractivity contribution is 7.99. The van der Waals surface area contributed by atoms with E-state index in [0.717, 1.165) is 22.6 Å². The number of halogens is 2. The number of anilines is 1. The minimum atomic E-state index is -0.460. The van der Waals surface area contributed by atoms with E-state index in [1.807, 2.05) is 47.0 Å². The van der Waals surface area contributed by atoms with Crippen molar-refractivity contribution in [3.05, 3.63) is 101 Å². The summed E-state index contributed by atoms with van der Waals surface area (Å²) < 4.78 is 16.0. The maximum Gasteiger partial charge on any atom is 0.234 e. The van der Waals surface area contributed by atoms with E-state index in [9.17, 15) is 9.18 Å². The Hall–Kier alpha value is -3.16. The summed E-state index contributed by atoms with van der Waals surface area (Å²) in [5.74, 6) is 0.0153. The lowest BCUT2D eigenvalue weighted by atomic mass is 10.1. The molecular formula is C24H20ClFN4OS. The standard InChI is InChI=1S/C24H20ClFN4OS/c1-16-7-12-21(20(26)13-16)27-23(31)15-32-24-29-28-22(14-17-5-3-2-4-6-17)30(24)19-10-8-18(25)9-11-19/h2-13H,14-15H2,1H3,(H,27,31). The topological polar surface area (TPSA) is 59.8 Å². The number of hydrogen-bond donors (Lipinski definition) is 1. The Bertz CT molecular complexity index is 1230. The highest BCUT2D eigenvalue weighted by Crippen LogP contribution is 2.25. The molecule has 0 fully saturated rings. The van der Waals surface area contributed by atoms with E-state index >= 15 is 0 Å².